The molecule has 0 aliphatic carbocycles. The minimum absolute atomic E-state index is 0.167. The number of carbonyl (C=O) groups is 4. The first-order valence-electron chi connectivity index (χ1n) is 14.7. The Hall–Kier alpha value is -3.34. The van der Waals surface area contributed by atoms with E-state index < -0.39 is 29.9 Å². The van der Waals surface area contributed by atoms with E-state index in [0.29, 0.717) is 38.8 Å². The zero-order chi connectivity index (χ0) is 32.3. The first-order chi connectivity index (χ1) is 21.1. The maximum atomic E-state index is 12.5. The van der Waals surface area contributed by atoms with Crippen LogP contribution in [0, 0.1) is 0 Å². The smallest absolute Gasteiger partial charge is 0.321 e. The molecule has 1 saturated heterocycles. The SMILES string of the molecule is CCOCCOCCOc1ccc(CC(C(=O)O)N2CCN(CC(=O)O)CCN(CC(=O)O)CCN(CC(=O)O)CC2)cc1. The van der Waals surface area contributed by atoms with Crippen LogP contribution >= 0.6 is 0 Å². The lowest BCUT2D eigenvalue weighted by molar-refractivity contribution is -0.144. The summed E-state index contributed by atoms with van der Waals surface area (Å²) in [7, 11) is 0. The van der Waals surface area contributed by atoms with E-state index >= 15 is 0 Å². The zero-order valence-corrected chi connectivity index (χ0v) is 25.3. The maximum Gasteiger partial charge on any atom is 0.321 e. The molecule has 1 fully saturated rings. The van der Waals surface area contributed by atoms with Crippen LogP contribution in [0.1, 0.15) is 12.5 Å². The summed E-state index contributed by atoms with van der Waals surface area (Å²) in [6, 6.07) is 6.16. The molecule has 1 aromatic rings. The summed E-state index contributed by atoms with van der Waals surface area (Å²) in [5.41, 5.74) is 0.762. The zero-order valence-electron chi connectivity index (χ0n) is 25.3. The Morgan fingerprint density at radius 3 is 1.52 bits per heavy atom. The first kappa shape index (κ1) is 36.8. The predicted octanol–water partition coefficient (Wildman–Crippen LogP) is -0.410. The van der Waals surface area contributed by atoms with Gasteiger partial charge in [-0.2, -0.15) is 0 Å². The molecule has 0 radical (unpaired) electrons. The molecule has 1 heterocycles. The molecule has 1 aliphatic rings. The Bertz CT molecular complexity index is 995. The van der Waals surface area contributed by atoms with Gasteiger partial charge in [0.15, 0.2) is 0 Å². The molecule has 4 N–H and O–H groups in total. The van der Waals surface area contributed by atoms with Gasteiger partial charge in [-0.05, 0) is 31.0 Å². The van der Waals surface area contributed by atoms with Gasteiger partial charge in [-0.25, -0.2) is 0 Å². The average Bonchev–Trinajstić information content (AvgIpc) is 2.95. The van der Waals surface area contributed by atoms with Crippen LogP contribution in [-0.2, 0) is 35.1 Å². The average molecular weight is 627 g/mol. The standard InChI is InChI=1S/C29H46N4O11/c1-2-42-15-16-43-17-18-44-24-5-3-23(4-6-24)19-25(29(40)41)33-13-11-31(21-27(36)37)9-7-30(20-26(34)35)8-10-32(12-14-33)22-28(38)39/h3-6,25H,2,7-22H2,1H3,(H,34,35)(H,36,37)(H,38,39)(H,40,41). The Balaban J connectivity index is 2.13. The van der Waals surface area contributed by atoms with Crippen LogP contribution in [0.25, 0.3) is 0 Å². The Kier molecular flexibility index (Phi) is 17.2. The van der Waals surface area contributed by atoms with Crippen LogP contribution in [0.2, 0.25) is 0 Å². The molecule has 248 valence electrons. The van der Waals surface area contributed by atoms with Crippen molar-refractivity contribution < 1.29 is 53.8 Å². The number of nitrogens with zero attached hydrogens (tertiary/aromatic N) is 4. The highest BCUT2D eigenvalue weighted by molar-refractivity contribution is 5.74. The third kappa shape index (κ3) is 15.4. The predicted molar refractivity (Wildman–Crippen MR) is 158 cm³/mol. The van der Waals surface area contributed by atoms with E-state index in [4.69, 9.17) is 14.2 Å². The van der Waals surface area contributed by atoms with Crippen molar-refractivity contribution in [2.45, 2.75) is 19.4 Å². The molecule has 0 aromatic heterocycles. The van der Waals surface area contributed by atoms with E-state index in [1.54, 1.807) is 43.9 Å². The molecule has 0 bridgehead atoms. The molecule has 1 atom stereocenters. The molecule has 15 heteroatoms. The minimum Gasteiger partial charge on any atom is -0.491 e. The molecule has 0 amide bonds. The summed E-state index contributed by atoms with van der Waals surface area (Å²) in [6.45, 7) is 5.40. The summed E-state index contributed by atoms with van der Waals surface area (Å²) in [5.74, 6) is -3.57. The fraction of sp³-hybridized carbons (Fsp3) is 0.655. The molecule has 2 rings (SSSR count). The number of rotatable bonds is 18. The van der Waals surface area contributed by atoms with Crippen molar-refractivity contribution in [3.05, 3.63) is 29.8 Å². The number of ether oxygens (including phenoxy) is 3. The molecule has 1 aromatic carbocycles. The van der Waals surface area contributed by atoms with Gasteiger partial charge in [0.25, 0.3) is 0 Å². The topological polar surface area (TPSA) is 190 Å². The number of carboxylic acid groups (broad SMARTS) is 4. The van der Waals surface area contributed by atoms with Crippen molar-refractivity contribution in [3.63, 3.8) is 0 Å². The quantitative estimate of drug-likeness (QED) is 0.154. The lowest BCUT2D eigenvalue weighted by Crippen LogP contribution is -2.52. The summed E-state index contributed by atoms with van der Waals surface area (Å²) < 4.78 is 16.3. The van der Waals surface area contributed by atoms with Crippen molar-refractivity contribution in [3.8, 4) is 5.75 Å². The fourth-order valence-electron chi connectivity index (χ4n) is 4.81. The minimum atomic E-state index is -1.05. The summed E-state index contributed by atoms with van der Waals surface area (Å²) in [5, 5.41) is 38.4. The molecular weight excluding hydrogens is 580 g/mol. The van der Waals surface area contributed by atoms with Gasteiger partial charge in [-0.15, -0.1) is 0 Å². The van der Waals surface area contributed by atoms with Gasteiger partial charge in [-0.3, -0.25) is 38.8 Å². The summed E-state index contributed by atoms with van der Waals surface area (Å²) in [4.78, 5) is 53.7. The molecule has 0 saturated carbocycles. The Labute approximate surface area is 257 Å². The second-order valence-corrected chi connectivity index (χ2v) is 10.4. The van der Waals surface area contributed by atoms with Gasteiger partial charge in [0.1, 0.15) is 18.4 Å². The Morgan fingerprint density at radius 1 is 0.659 bits per heavy atom. The van der Waals surface area contributed by atoms with Crippen LogP contribution in [-0.4, -0.2) is 175 Å². The van der Waals surface area contributed by atoms with Crippen LogP contribution in [0.15, 0.2) is 24.3 Å². The van der Waals surface area contributed by atoms with E-state index in [1.807, 2.05) is 6.92 Å². The Morgan fingerprint density at radius 2 is 1.09 bits per heavy atom. The van der Waals surface area contributed by atoms with Crippen molar-refractivity contribution in [1.82, 2.24) is 19.6 Å². The number of hydrogen-bond acceptors (Lipinski definition) is 11. The molecule has 44 heavy (non-hydrogen) atoms. The van der Waals surface area contributed by atoms with Crippen molar-refractivity contribution in [2.24, 2.45) is 0 Å². The lowest BCUT2D eigenvalue weighted by atomic mass is 10.0. The van der Waals surface area contributed by atoms with Gasteiger partial charge < -0.3 is 34.6 Å². The van der Waals surface area contributed by atoms with Crippen molar-refractivity contribution in [1.29, 1.82) is 0 Å². The van der Waals surface area contributed by atoms with Gasteiger partial charge in [0.2, 0.25) is 0 Å². The third-order valence-corrected chi connectivity index (χ3v) is 7.10. The van der Waals surface area contributed by atoms with Crippen LogP contribution < -0.4 is 4.74 Å². The number of benzene rings is 1. The highest BCUT2D eigenvalue weighted by Crippen LogP contribution is 2.16. The van der Waals surface area contributed by atoms with E-state index in [2.05, 4.69) is 0 Å². The van der Waals surface area contributed by atoms with E-state index in [9.17, 15) is 39.6 Å². The molecule has 15 nitrogen and oxygen atoms in total. The monoisotopic (exact) mass is 626 g/mol. The van der Waals surface area contributed by atoms with Crippen LogP contribution in [0.5, 0.6) is 5.75 Å². The fourth-order valence-corrected chi connectivity index (χ4v) is 4.81. The summed E-state index contributed by atoms with van der Waals surface area (Å²) in [6.07, 6.45) is 0.167. The van der Waals surface area contributed by atoms with Gasteiger partial charge in [-0.1, -0.05) is 12.1 Å². The lowest BCUT2D eigenvalue weighted by Gasteiger charge is -2.35. The molecule has 1 unspecified atom stereocenters. The number of aliphatic carboxylic acids is 4. The van der Waals surface area contributed by atoms with Gasteiger partial charge in [0.05, 0.1) is 39.5 Å². The highest BCUT2D eigenvalue weighted by Gasteiger charge is 2.28. The van der Waals surface area contributed by atoms with E-state index in [-0.39, 0.29) is 78.4 Å². The third-order valence-electron chi connectivity index (χ3n) is 7.10. The highest BCUT2D eigenvalue weighted by atomic mass is 16.5. The molecule has 0 spiro atoms. The maximum absolute atomic E-state index is 12.5. The van der Waals surface area contributed by atoms with Crippen molar-refractivity contribution in [2.75, 3.05) is 105 Å². The van der Waals surface area contributed by atoms with E-state index in [1.165, 1.54) is 0 Å². The van der Waals surface area contributed by atoms with Crippen LogP contribution in [0.4, 0.5) is 0 Å². The van der Waals surface area contributed by atoms with Crippen molar-refractivity contribution >= 4 is 23.9 Å². The number of carboxylic acids is 4. The second-order valence-electron chi connectivity index (χ2n) is 10.4. The summed E-state index contributed by atoms with van der Waals surface area (Å²) >= 11 is 0. The van der Waals surface area contributed by atoms with Gasteiger partial charge in [0, 0.05) is 59.0 Å². The van der Waals surface area contributed by atoms with Crippen LogP contribution in [0.3, 0.4) is 0 Å². The largest absolute Gasteiger partial charge is 0.491 e. The van der Waals surface area contributed by atoms with E-state index in [0.717, 1.165) is 5.56 Å². The number of hydrogen-bond donors (Lipinski definition) is 4. The molecular formula is C29H46N4O11. The van der Waals surface area contributed by atoms with Gasteiger partial charge >= 0.3 is 23.9 Å². The normalized spacial score (nSPS) is 17.3. The second kappa shape index (κ2) is 20.6. The first-order valence-corrected chi connectivity index (χ1v) is 14.7. The molecule has 1 aliphatic heterocycles.